The van der Waals surface area contributed by atoms with Gasteiger partial charge in [0.05, 0.1) is 12.1 Å². The molecule has 3 N–H and O–H groups in total. The molecular formula is C29H29F2N3O2S. The average molecular weight is 522 g/mol. The molecule has 4 rings (SSSR count). The topological polar surface area (TPSA) is 74.2 Å². The van der Waals surface area contributed by atoms with Crippen LogP contribution < -0.4 is 10.6 Å². The van der Waals surface area contributed by atoms with Crippen molar-refractivity contribution in [1.29, 1.82) is 0 Å². The number of carbonyl (C=O) groups is 1. The van der Waals surface area contributed by atoms with Gasteiger partial charge in [-0.3, -0.25) is 4.79 Å². The first-order valence-electron chi connectivity index (χ1n) is 12.1. The van der Waals surface area contributed by atoms with Gasteiger partial charge in [-0.2, -0.15) is 0 Å². The Bertz CT molecular complexity index is 1310. The molecule has 192 valence electrons. The first-order chi connectivity index (χ1) is 17.9. The largest absolute Gasteiger partial charge is 0.390 e. The molecule has 0 radical (unpaired) electrons. The minimum Gasteiger partial charge on any atom is -0.390 e. The molecule has 0 aliphatic carbocycles. The predicted molar refractivity (Wildman–Crippen MR) is 142 cm³/mol. The highest BCUT2D eigenvalue weighted by atomic mass is 32.1. The number of amides is 1. The van der Waals surface area contributed by atoms with Crippen LogP contribution in [0.4, 0.5) is 8.78 Å². The van der Waals surface area contributed by atoms with Crippen molar-refractivity contribution in [3.8, 4) is 10.6 Å². The number of benzene rings is 3. The summed E-state index contributed by atoms with van der Waals surface area (Å²) in [4.78, 5) is 17.4. The average Bonchev–Trinajstić information content (AvgIpc) is 3.43. The maximum atomic E-state index is 13.8. The maximum Gasteiger partial charge on any atom is 0.251 e. The van der Waals surface area contributed by atoms with Crippen molar-refractivity contribution in [3.05, 3.63) is 112 Å². The fourth-order valence-corrected chi connectivity index (χ4v) is 4.78. The number of hydrogen-bond donors (Lipinski definition) is 3. The maximum absolute atomic E-state index is 13.8. The standard InChI is InChI=1S/C29H29F2N3O2S/c1-2-19-5-3-6-20(11-19)17-32-18-27(35)26(14-21-12-24(30)16-25(31)13-21)34-28(36)22-7-4-8-23(15-22)29-33-9-10-37-29/h3-13,15-16,26-27,32,35H,2,14,17-18H2,1H3,(H,34,36). The Kier molecular flexibility index (Phi) is 9.11. The number of nitrogens with zero attached hydrogens (tertiary/aromatic N) is 1. The van der Waals surface area contributed by atoms with E-state index in [1.165, 1.54) is 29.0 Å². The van der Waals surface area contributed by atoms with Crippen LogP contribution in [0.3, 0.4) is 0 Å². The second-order valence-corrected chi connectivity index (χ2v) is 9.75. The Hall–Kier alpha value is -3.46. The van der Waals surface area contributed by atoms with Crippen molar-refractivity contribution < 1.29 is 18.7 Å². The Labute approximate surface area is 219 Å². The molecule has 37 heavy (non-hydrogen) atoms. The normalized spacial score (nSPS) is 12.8. The van der Waals surface area contributed by atoms with Gasteiger partial charge in [0.1, 0.15) is 16.6 Å². The number of aromatic nitrogens is 1. The summed E-state index contributed by atoms with van der Waals surface area (Å²) in [7, 11) is 0. The van der Waals surface area contributed by atoms with E-state index in [0.29, 0.717) is 17.7 Å². The number of aryl methyl sites for hydroxylation is 1. The highest BCUT2D eigenvalue weighted by molar-refractivity contribution is 7.13. The third kappa shape index (κ3) is 7.52. The summed E-state index contributed by atoms with van der Waals surface area (Å²) < 4.78 is 27.7. The lowest BCUT2D eigenvalue weighted by Gasteiger charge is -2.25. The summed E-state index contributed by atoms with van der Waals surface area (Å²) in [5.41, 5.74) is 3.85. The number of aliphatic hydroxyl groups excluding tert-OH is 1. The first kappa shape index (κ1) is 26.6. The van der Waals surface area contributed by atoms with E-state index < -0.39 is 29.7 Å². The van der Waals surface area contributed by atoms with Crippen LogP contribution in [-0.2, 0) is 19.4 Å². The van der Waals surface area contributed by atoms with Gasteiger partial charge in [-0.25, -0.2) is 13.8 Å². The van der Waals surface area contributed by atoms with Gasteiger partial charge in [0.2, 0.25) is 0 Å². The number of hydrogen-bond acceptors (Lipinski definition) is 5. The molecule has 0 saturated carbocycles. The third-order valence-electron chi connectivity index (χ3n) is 6.05. The van der Waals surface area contributed by atoms with Gasteiger partial charge in [0.15, 0.2) is 0 Å². The second-order valence-electron chi connectivity index (χ2n) is 8.85. The molecule has 2 atom stereocenters. The van der Waals surface area contributed by atoms with Gasteiger partial charge < -0.3 is 15.7 Å². The summed E-state index contributed by atoms with van der Waals surface area (Å²) in [5, 5.41) is 19.8. The second kappa shape index (κ2) is 12.7. The summed E-state index contributed by atoms with van der Waals surface area (Å²) in [6.07, 6.45) is 1.67. The van der Waals surface area contributed by atoms with Crippen LogP contribution in [0.25, 0.3) is 10.6 Å². The molecular weight excluding hydrogens is 492 g/mol. The van der Waals surface area contributed by atoms with Crippen LogP contribution in [0.5, 0.6) is 0 Å². The van der Waals surface area contributed by atoms with Crippen molar-refractivity contribution in [2.75, 3.05) is 6.54 Å². The van der Waals surface area contributed by atoms with Crippen molar-refractivity contribution in [3.63, 3.8) is 0 Å². The zero-order valence-corrected chi connectivity index (χ0v) is 21.3. The Morgan fingerprint density at radius 3 is 2.49 bits per heavy atom. The van der Waals surface area contributed by atoms with Gasteiger partial charge in [-0.15, -0.1) is 11.3 Å². The van der Waals surface area contributed by atoms with Crippen LogP contribution >= 0.6 is 11.3 Å². The molecule has 1 heterocycles. The fourth-order valence-electron chi connectivity index (χ4n) is 4.14. The highest BCUT2D eigenvalue weighted by Gasteiger charge is 2.23. The molecule has 8 heteroatoms. The minimum absolute atomic E-state index is 0.0563. The van der Waals surface area contributed by atoms with Gasteiger partial charge in [0.25, 0.3) is 5.91 Å². The van der Waals surface area contributed by atoms with Crippen LogP contribution in [0.2, 0.25) is 0 Å². The number of aliphatic hydroxyl groups is 1. The van der Waals surface area contributed by atoms with Crippen LogP contribution in [0.15, 0.2) is 78.3 Å². The van der Waals surface area contributed by atoms with Gasteiger partial charge in [-0.1, -0.05) is 43.3 Å². The number of nitrogens with one attached hydrogen (secondary N) is 2. The molecule has 2 unspecified atom stereocenters. The van der Waals surface area contributed by atoms with E-state index in [4.69, 9.17) is 0 Å². The molecule has 0 fully saturated rings. The molecule has 4 aromatic rings. The SMILES string of the molecule is CCc1cccc(CNCC(O)C(Cc2cc(F)cc(F)c2)NC(=O)c2cccc(-c3nccs3)c2)c1. The lowest BCUT2D eigenvalue weighted by molar-refractivity contribution is 0.0830. The molecule has 0 aliphatic heterocycles. The number of halogens is 2. The summed E-state index contributed by atoms with van der Waals surface area (Å²) >= 11 is 1.47. The number of thiazole rings is 1. The summed E-state index contributed by atoms with van der Waals surface area (Å²) in [6, 6.07) is 17.6. The monoisotopic (exact) mass is 521 g/mol. The van der Waals surface area contributed by atoms with E-state index >= 15 is 0 Å². The zero-order chi connectivity index (χ0) is 26.2. The van der Waals surface area contributed by atoms with Gasteiger partial charge in [0, 0.05) is 41.9 Å². The lowest BCUT2D eigenvalue weighted by Crippen LogP contribution is -2.48. The minimum atomic E-state index is -1.01. The highest BCUT2D eigenvalue weighted by Crippen LogP contribution is 2.22. The van der Waals surface area contributed by atoms with Crippen LogP contribution in [0, 0.1) is 11.6 Å². The fraction of sp³-hybridized carbons (Fsp3) is 0.241. The number of rotatable bonds is 11. The molecule has 3 aromatic carbocycles. The molecule has 1 amide bonds. The Balaban J connectivity index is 1.48. The predicted octanol–water partition coefficient (Wildman–Crippen LogP) is 5.14. The van der Waals surface area contributed by atoms with E-state index in [1.54, 1.807) is 24.4 Å². The molecule has 1 aromatic heterocycles. The first-order valence-corrected chi connectivity index (χ1v) is 13.0. The summed E-state index contributed by atoms with van der Waals surface area (Å²) in [5.74, 6) is -1.81. The van der Waals surface area contributed by atoms with Crippen LogP contribution in [-0.4, -0.2) is 34.7 Å². The zero-order valence-electron chi connectivity index (χ0n) is 20.5. The molecule has 0 saturated heterocycles. The number of carbonyl (C=O) groups excluding carboxylic acids is 1. The van der Waals surface area contributed by atoms with E-state index in [-0.39, 0.29) is 13.0 Å². The molecule has 0 bridgehead atoms. The van der Waals surface area contributed by atoms with E-state index in [9.17, 15) is 18.7 Å². The quantitative estimate of drug-likeness (QED) is 0.256. The van der Waals surface area contributed by atoms with Gasteiger partial charge >= 0.3 is 0 Å². The van der Waals surface area contributed by atoms with Gasteiger partial charge in [-0.05, 0) is 53.8 Å². The van der Waals surface area contributed by atoms with Crippen molar-refractivity contribution in [2.45, 2.75) is 38.5 Å². The molecule has 5 nitrogen and oxygen atoms in total. The lowest BCUT2D eigenvalue weighted by atomic mass is 9.99. The Morgan fingerprint density at radius 1 is 1.00 bits per heavy atom. The van der Waals surface area contributed by atoms with Crippen molar-refractivity contribution in [1.82, 2.24) is 15.6 Å². The Morgan fingerprint density at radius 2 is 1.76 bits per heavy atom. The van der Waals surface area contributed by atoms with E-state index in [0.717, 1.165) is 28.6 Å². The molecule has 0 aliphatic rings. The van der Waals surface area contributed by atoms with Crippen molar-refractivity contribution >= 4 is 17.2 Å². The van der Waals surface area contributed by atoms with Crippen molar-refractivity contribution in [2.24, 2.45) is 0 Å². The third-order valence-corrected chi connectivity index (χ3v) is 6.87. The van der Waals surface area contributed by atoms with Crippen LogP contribution in [0.1, 0.15) is 34.0 Å². The van der Waals surface area contributed by atoms with E-state index in [2.05, 4.69) is 34.7 Å². The molecule has 0 spiro atoms. The summed E-state index contributed by atoms with van der Waals surface area (Å²) in [6.45, 7) is 2.81. The smallest absolute Gasteiger partial charge is 0.251 e. The van der Waals surface area contributed by atoms with E-state index in [1.807, 2.05) is 23.6 Å².